The van der Waals surface area contributed by atoms with Crippen molar-refractivity contribution < 1.29 is 23.0 Å². The minimum absolute atomic E-state index is 0.0309. The van der Waals surface area contributed by atoms with Crippen molar-refractivity contribution in [2.75, 3.05) is 33.0 Å². The van der Waals surface area contributed by atoms with Crippen molar-refractivity contribution >= 4 is 16.8 Å². The molecule has 0 bridgehead atoms. The summed E-state index contributed by atoms with van der Waals surface area (Å²) < 4.78 is 39.7. The third kappa shape index (κ3) is 6.97. The summed E-state index contributed by atoms with van der Waals surface area (Å²) in [4.78, 5) is 34.1. The highest BCUT2D eigenvalue weighted by molar-refractivity contribution is 5.80. The van der Waals surface area contributed by atoms with Gasteiger partial charge in [-0.05, 0) is 74.4 Å². The van der Waals surface area contributed by atoms with E-state index >= 15 is 0 Å². The van der Waals surface area contributed by atoms with Gasteiger partial charge in [0.05, 0.1) is 48.9 Å². The molecule has 0 radical (unpaired) electrons. The number of hydrogen-bond donors (Lipinski definition) is 0. The van der Waals surface area contributed by atoms with E-state index in [9.17, 15) is 18.4 Å². The number of halogens is 2. The molecule has 1 heterocycles. The number of hydrogen-bond acceptors (Lipinski definition) is 5. The second-order valence-electron chi connectivity index (χ2n) is 9.56. The fourth-order valence-corrected chi connectivity index (χ4v) is 4.83. The molecule has 0 aliphatic heterocycles. The van der Waals surface area contributed by atoms with Crippen LogP contribution < -0.4 is 10.3 Å². The van der Waals surface area contributed by atoms with Crippen LogP contribution in [0.4, 0.5) is 8.78 Å². The first-order chi connectivity index (χ1) is 19.9. The number of amides is 1. The Morgan fingerprint density at radius 1 is 1.05 bits per heavy atom. The molecule has 0 fully saturated rings. The average Bonchev–Trinajstić information content (AvgIpc) is 2.97. The molecule has 0 aliphatic carbocycles. The predicted octanol–water partition coefficient (Wildman–Crippen LogP) is 5.60. The summed E-state index contributed by atoms with van der Waals surface area (Å²) in [5.74, 6) is 0.309. The van der Waals surface area contributed by atoms with E-state index in [4.69, 9.17) is 14.5 Å². The summed E-state index contributed by atoms with van der Waals surface area (Å²) in [5, 5.41) is 0.455. The molecule has 9 heteroatoms. The first-order valence-corrected chi connectivity index (χ1v) is 13.8. The molecule has 0 spiro atoms. The second kappa shape index (κ2) is 14.0. The summed E-state index contributed by atoms with van der Waals surface area (Å²) >= 11 is 0. The number of alkyl halides is 1. The molecule has 1 amide bonds. The molecule has 3 aromatic carbocycles. The van der Waals surface area contributed by atoms with Crippen LogP contribution in [-0.4, -0.2) is 53.4 Å². The standard InChI is InChI=1S/C32H35F2N3O4/c1-4-40-19-18-36(30(38)21-23-10-15-28(34)24(20-23)16-17-33)22(3)31-35-29-9-7-6-8-27(29)32(39)37(31)25-11-13-26(14-12-25)41-5-2/h6-15,20,22H,4-5,16-19,21H2,1-3H3. The van der Waals surface area contributed by atoms with Crippen molar-refractivity contribution in [3.8, 4) is 11.4 Å². The minimum Gasteiger partial charge on any atom is -0.494 e. The second-order valence-corrected chi connectivity index (χ2v) is 9.56. The quantitative estimate of drug-likeness (QED) is 0.198. The average molecular weight is 564 g/mol. The van der Waals surface area contributed by atoms with E-state index in [2.05, 4.69) is 0 Å². The Labute approximate surface area is 238 Å². The number of carbonyl (C=O) groups is 1. The number of para-hydroxylation sites is 1. The van der Waals surface area contributed by atoms with Crippen LogP contribution >= 0.6 is 0 Å². The molecule has 216 valence electrons. The van der Waals surface area contributed by atoms with Gasteiger partial charge in [-0.25, -0.2) is 9.37 Å². The van der Waals surface area contributed by atoms with Crippen LogP contribution in [0.2, 0.25) is 0 Å². The third-order valence-electron chi connectivity index (χ3n) is 6.88. The van der Waals surface area contributed by atoms with Crippen molar-refractivity contribution in [3.63, 3.8) is 0 Å². The molecular weight excluding hydrogens is 528 g/mol. The number of benzene rings is 3. The van der Waals surface area contributed by atoms with Crippen LogP contribution in [-0.2, 0) is 22.4 Å². The van der Waals surface area contributed by atoms with E-state index in [0.29, 0.717) is 46.9 Å². The molecule has 7 nitrogen and oxygen atoms in total. The Morgan fingerprint density at radius 3 is 2.51 bits per heavy atom. The maximum atomic E-state index is 14.1. The molecular formula is C32H35F2N3O4. The van der Waals surface area contributed by atoms with Gasteiger partial charge < -0.3 is 14.4 Å². The Morgan fingerprint density at radius 2 is 1.80 bits per heavy atom. The zero-order valence-electron chi connectivity index (χ0n) is 23.6. The van der Waals surface area contributed by atoms with Gasteiger partial charge in [-0.2, -0.15) is 0 Å². The highest BCUT2D eigenvalue weighted by Gasteiger charge is 2.27. The molecule has 4 aromatic rings. The van der Waals surface area contributed by atoms with Gasteiger partial charge in [0.15, 0.2) is 0 Å². The summed E-state index contributed by atoms with van der Waals surface area (Å²) in [6, 6.07) is 17.9. The van der Waals surface area contributed by atoms with Gasteiger partial charge in [-0.15, -0.1) is 0 Å². The van der Waals surface area contributed by atoms with Gasteiger partial charge >= 0.3 is 0 Å². The maximum Gasteiger partial charge on any atom is 0.266 e. The van der Waals surface area contributed by atoms with Crippen molar-refractivity contribution in [1.82, 2.24) is 14.5 Å². The van der Waals surface area contributed by atoms with Crippen molar-refractivity contribution in [3.05, 3.63) is 99.9 Å². The number of carbonyl (C=O) groups excluding carboxylic acids is 1. The van der Waals surface area contributed by atoms with E-state index in [1.165, 1.54) is 22.8 Å². The molecule has 1 aromatic heterocycles. The summed E-state index contributed by atoms with van der Waals surface area (Å²) in [5.41, 5.74) is 1.66. The first kappa shape index (κ1) is 29.9. The van der Waals surface area contributed by atoms with Gasteiger partial charge in [-0.3, -0.25) is 18.5 Å². The van der Waals surface area contributed by atoms with E-state index in [-0.39, 0.29) is 43.0 Å². The minimum atomic E-state index is -0.692. The van der Waals surface area contributed by atoms with Crippen LogP contribution in [0.3, 0.4) is 0 Å². The van der Waals surface area contributed by atoms with Crippen LogP contribution in [0, 0.1) is 5.82 Å². The topological polar surface area (TPSA) is 73.7 Å². The highest BCUT2D eigenvalue weighted by atomic mass is 19.1. The number of nitrogens with zero attached hydrogens (tertiary/aromatic N) is 3. The number of fused-ring (bicyclic) bond motifs is 1. The predicted molar refractivity (Wildman–Crippen MR) is 155 cm³/mol. The number of ether oxygens (including phenoxy) is 2. The zero-order valence-corrected chi connectivity index (χ0v) is 23.6. The maximum absolute atomic E-state index is 14.1. The third-order valence-corrected chi connectivity index (χ3v) is 6.88. The highest BCUT2D eigenvalue weighted by Crippen LogP contribution is 2.25. The summed E-state index contributed by atoms with van der Waals surface area (Å²) in [6.07, 6.45) is -0.0927. The molecule has 0 N–H and O–H groups in total. The van der Waals surface area contributed by atoms with E-state index in [1.54, 1.807) is 47.4 Å². The largest absolute Gasteiger partial charge is 0.494 e. The monoisotopic (exact) mass is 563 g/mol. The molecule has 41 heavy (non-hydrogen) atoms. The zero-order chi connectivity index (χ0) is 29.4. The van der Waals surface area contributed by atoms with E-state index in [1.807, 2.05) is 26.8 Å². The van der Waals surface area contributed by atoms with E-state index < -0.39 is 18.5 Å². The lowest BCUT2D eigenvalue weighted by atomic mass is 10.0. The van der Waals surface area contributed by atoms with Gasteiger partial charge in [-0.1, -0.05) is 24.3 Å². The lowest BCUT2D eigenvalue weighted by Gasteiger charge is -2.31. The van der Waals surface area contributed by atoms with Crippen molar-refractivity contribution in [1.29, 1.82) is 0 Å². The smallest absolute Gasteiger partial charge is 0.266 e. The molecule has 0 aliphatic rings. The van der Waals surface area contributed by atoms with Gasteiger partial charge in [0.2, 0.25) is 5.91 Å². The Hall–Kier alpha value is -4.11. The van der Waals surface area contributed by atoms with Crippen LogP contribution in [0.1, 0.15) is 43.8 Å². The lowest BCUT2D eigenvalue weighted by Crippen LogP contribution is -2.40. The van der Waals surface area contributed by atoms with E-state index in [0.717, 1.165) is 0 Å². The number of rotatable bonds is 13. The van der Waals surface area contributed by atoms with Gasteiger partial charge in [0.1, 0.15) is 17.4 Å². The van der Waals surface area contributed by atoms with Crippen LogP contribution in [0.15, 0.2) is 71.5 Å². The van der Waals surface area contributed by atoms with Gasteiger partial charge in [0.25, 0.3) is 5.56 Å². The number of aryl methyl sites for hydroxylation is 1. The first-order valence-electron chi connectivity index (χ1n) is 13.8. The molecule has 1 unspecified atom stereocenters. The fraction of sp³-hybridized carbons (Fsp3) is 0.344. The Bertz CT molecular complexity index is 1540. The van der Waals surface area contributed by atoms with Crippen LogP contribution in [0.5, 0.6) is 5.75 Å². The Balaban J connectivity index is 1.77. The van der Waals surface area contributed by atoms with Crippen LogP contribution in [0.25, 0.3) is 16.6 Å². The molecule has 0 saturated heterocycles. The SMILES string of the molecule is CCOCCN(C(=O)Cc1ccc(F)c(CCF)c1)C(C)c1nc2ccccc2c(=O)n1-c1ccc(OCC)cc1. The summed E-state index contributed by atoms with van der Waals surface area (Å²) in [6.45, 7) is 6.42. The Kier molecular flexibility index (Phi) is 10.2. The normalized spacial score (nSPS) is 11.9. The number of aromatic nitrogens is 2. The summed E-state index contributed by atoms with van der Waals surface area (Å²) in [7, 11) is 0. The lowest BCUT2D eigenvalue weighted by molar-refractivity contribution is -0.133. The van der Waals surface area contributed by atoms with Gasteiger partial charge in [0, 0.05) is 19.6 Å². The molecule has 1 atom stereocenters. The van der Waals surface area contributed by atoms with Crippen molar-refractivity contribution in [2.24, 2.45) is 0 Å². The fourth-order valence-electron chi connectivity index (χ4n) is 4.83. The van der Waals surface area contributed by atoms with Crippen molar-refractivity contribution in [2.45, 2.75) is 39.7 Å². The molecule has 0 saturated carbocycles. The molecule has 4 rings (SSSR count).